The van der Waals surface area contributed by atoms with E-state index >= 15 is 0 Å². The molecule has 1 unspecified atom stereocenters. The van der Waals surface area contributed by atoms with Crippen molar-refractivity contribution < 1.29 is 0 Å². The van der Waals surface area contributed by atoms with Gasteiger partial charge in [-0.2, -0.15) is 0 Å². The van der Waals surface area contributed by atoms with Gasteiger partial charge in [0.15, 0.2) is 0 Å². The third kappa shape index (κ3) is 8.80. The van der Waals surface area contributed by atoms with Crippen LogP contribution in [0.25, 0.3) is 0 Å². The Balaban J connectivity index is 1.95. The molecule has 1 rings (SSSR count). The summed E-state index contributed by atoms with van der Waals surface area (Å²) in [7, 11) is 0. The highest BCUT2D eigenvalue weighted by molar-refractivity contribution is 4.75. The smallest absolute Gasteiger partial charge is 0.0113 e. The Labute approximate surface area is 133 Å². The maximum Gasteiger partial charge on any atom is 0.0113 e. The molecule has 0 bridgehead atoms. The summed E-state index contributed by atoms with van der Waals surface area (Å²) in [4.78, 5) is 5.31. The van der Waals surface area contributed by atoms with Crippen LogP contribution in [0.2, 0.25) is 0 Å². The van der Waals surface area contributed by atoms with Crippen LogP contribution in [0.3, 0.4) is 0 Å². The van der Waals surface area contributed by atoms with E-state index < -0.39 is 0 Å². The second-order valence-corrected chi connectivity index (χ2v) is 7.73. The van der Waals surface area contributed by atoms with E-state index in [0.29, 0.717) is 0 Å². The number of rotatable bonds is 9. The molecule has 1 heterocycles. The minimum Gasteiger partial charge on any atom is -0.312 e. The molecular weight excluding hydrogens is 258 g/mol. The fourth-order valence-corrected chi connectivity index (χ4v) is 2.96. The van der Waals surface area contributed by atoms with Crippen molar-refractivity contribution >= 4 is 0 Å². The summed E-state index contributed by atoms with van der Waals surface area (Å²) in [6, 6.07) is 0.766. The Bertz CT molecular complexity index is 252. The Kier molecular flexibility index (Phi) is 8.84. The molecule has 1 aliphatic rings. The van der Waals surface area contributed by atoms with Crippen molar-refractivity contribution in [2.75, 3.05) is 39.3 Å². The lowest BCUT2D eigenvalue weighted by Gasteiger charge is -2.37. The summed E-state index contributed by atoms with van der Waals surface area (Å²) < 4.78 is 0. The summed E-state index contributed by atoms with van der Waals surface area (Å²) in [5.41, 5.74) is 0.273. The molecule has 0 saturated carbocycles. The van der Waals surface area contributed by atoms with Gasteiger partial charge in [-0.1, -0.05) is 19.8 Å². The van der Waals surface area contributed by atoms with Gasteiger partial charge in [-0.05, 0) is 60.0 Å². The molecule has 126 valence electrons. The lowest BCUT2D eigenvalue weighted by molar-refractivity contribution is 0.0994. The minimum atomic E-state index is 0.273. The Morgan fingerprint density at radius 1 is 0.952 bits per heavy atom. The molecule has 0 spiro atoms. The lowest BCUT2D eigenvalue weighted by Crippen LogP contribution is -2.49. The van der Waals surface area contributed by atoms with E-state index in [2.05, 4.69) is 49.7 Å². The first-order valence-corrected chi connectivity index (χ1v) is 9.14. The largest absolute Gasteiger partial charge is 0.312 e. The number of hydrogen-bond donors (Lipinski definition) is 1. The average Bonchev–Trinajstić information content (AvgIpc) is 2.45. The minimum absolute atomic E-state index is 0.273. The second-order valence-electron chi connectivity index (χ2n) is 7.73. The van der Waals surface area contributed by atoms with E-state index in [1.807, 2.05) is 0 Å². The summed E-state index contributed by atoms with van der Waals surface area (Å²) >= 11 is 0. The standard InChI is InChI=1S/C18H39N3/c1-6-17(2)21-15-13-20(14-16-21)12-10-8-7-9-11-19-18(3,4)5/h17,19H,6-16H2,1-5H3. The number of piperazine rings is 1. The molecule has 0 aromatic rings. The van der Waals surface area contributed by atoms with Gasteiger partial charge in [-0.3, -0.25) is 4.90 Å². The van der Waals surface area contributed by atoms with Crippen LogP contribution < -0.4 is 5.32 Å². The lowest BCUT2D eigenvalue weighted by atomic mass is 10.1. The molecule has 0 aromatic carbocycles. The summed E-state index contributed by atoms with van der Waals surface area (Å²) in [6.45, 7) is 18.9. The van der Waals surface area contributed by atoms with Gasteiger partial charge in [-0.25, -0.2) is 0 Å². The first kappa shape index (κ1) is 18.9. The third-order valence-electron chi connectivity index (χ3n) is 4.68. The monoisotopic (exact) mass is 297 g/mol. The molecule has 3 nitrogen and oxygen atoms in total. The zero-order valence-corrected chi connectivity index (χ0v) is 15.2. The summed E-state index contributed by atoms with van der Waals surface area (Å²) in [6.07, 6.45) is 6.73. The van der Waals surface area contributed by atoms with E-state index in [4.69, 9.17) is 0 Å². The van der Waals surface area contributed by atoms with Gasteiger partial charge in [0.2, 0.25) is 0 Å². The predicted molar refractivity (Wildman–Crippen MR) is 94.0 cm³/mol. The normalized spacial score (nSPS) is 19.9. The molecule has 0 aliphatic carbocycles. The van der Waals surface area contributed by atoms with Gasteiger partial charge in [-0.15, -0.1) is 0 Å². The SMILES string of the molecule is CCC(C)N1CCN(CCCCCCNC(C)(C)C)CC1. The summed E-state index contributed by atoms with van der Waals surface area (Å²) in [5, 5.41) is 3.57. The van der Waals surface area contributed by atoms with Gasteiger partial charge in [0, 0.05) is 37.8 Å². The van der Waals surface area contributed by atoms with E-state index in [1.54, 1.807) is 0 Å². The van der Waals surface area contributed by atoms with Gasteiger partial charge < -0.3 is 10.2 Å². The van der Waals surface area contributed by atoms with Gasteiger partial charge in [0.05, 0.1) is 0 Å². The molecule has 1 saturated heterocycles. The van der Waals surface area contributed by atoms with Gasteiger partial charge >= 0.3 is 0 Å². The van der Waals surface area contributed by atoms with Gasteiger partial charge in [0.25, 0.3) is 0 Å². The van der Waals surface area contributed by atoms with E-state index in [0.717, 1.165) is 12.6 Å². The molecular formula is C18H39N3. The van der Waals surface area contributed by atoms with Crippen molar-refractivity contribution in [1.82, 2.24) is 15.1 Å². The van der Waals surface area contributed by atoms with Crippen molar-refractivity contribution in [3.8, 4) is 0 Å². The third-order valence-corrected chi connectivity index (χ3v) is 4.68. The van der Waals surface area contributed by atoms with Crippen LogP contribution in [0.15, 0.2) is 0 Å². The molecule has 21 heavy (non-hydrogen) atoms. The van der Waals surface area contributed by atoms with Crippen LogP contribution in [0.5, 0.6) is 0 Å². The fraction of sp³-hybridized carbons (Fsp3) is 1.00. The molecule has 1 aliphatic heterocycles. The van der Waals surface area contributed by atoms with Crippen LogP contribution in [0.4, 0.5) is 0 Å². The first-order chi connectivity index (χ1) is 9.92. The maximum absolute atomic E-state index is 3.57. The highest BCUT2D eigenvalue weighted by Gasteiger charge is 2.19. The number of nitrogens with one attached hydrogen (secondary N) is 1. The van der Waals surface area contributed by atoms with Crippen molar-refractivity contribution in [2.24, 2.45) is 0 Å². The second kappa shape index (κ2) is 9.81. The fourth-order valence-electron chi connectivity index (χ4n) is 2.96. The van der Waals surface area contributed by atoms with Crippen LogP contribution in [0, 0.1) is 0 Å². The van der Waals surface area contributed by atoms with E-state index in [9.17, 15) is 0 Å². The Hall–Kier alpha value is -0.120. The van der Waals surface area contributed by atoms with Crippen molar-refractivity contribution in [3.63, 3.8) is 0 Å². The quantitative estimate of drug-likeness (QED) is 0.658. The highest BCUT2D eigenvalue weighted by Crippen LogP contribution is 2.10. The number of nitrogens with zero attached hydrogens (tertiary/aromatic N) is 2. The van der Waals surface area contributed by atoms with Crippen molar-refractivity contribution in [3.05, 3.63) is 0 Å². The molecule has 1 N–H and O–H groups in total. The number of unbranched alkanes of at least 4 members (excludes halogenated alkanes) is 3. The molecule has 3 heteroatoms. The zero-order valence-electron chi connectivity index (χ0n) is 15.2. The molecule has 0 amide bonds. The Morgan fingerprint density at radius 3 is 2.14 bits per heavy atom. The molecule has 1 atom stereocenters. The predicted octanol–water partition coefficient (Wildman–Crippen LogP) is 3.35. The van der Waals surface area contributed by atoms with Crippen molar-refractivity contribution in [2.45, 2.75) is 78.3 Å². The van der Waals surface area contributed by atoms with Crippen LogP contribution in [-0.2, 0) is 0 Å². The average molecular weight is 298 g/mol. The maximum atomic E-state index is 3.57. The molecule has 0 radical (unpaired) electrons. The Morgan fingerprint density at radius 2 is 1.57 bits per heavy atom. The number of hydrogen-bond acceptors (Lipinski definition) is 3. The zero-order chi connectivity index (χ0) is 15.7. The van der Waals surface area contributed by atoms with Crippen molar-refractivity contribution in [1.29, 1.82) is 0 Å². The molecule has 1 fully saturated rings. The first-order valence-electron chi connectivity index (χ1n) is 9.14. The van der Waals surface area contributed by atoms with Crippen LogP contribution in [0.1, 0.15) is 66.7 Å². The molecule has 0 aromatic heterocycles. The van der Waals surface area contributed by atoms with Crippen LogP contribution >= 0.6 is 0 Å². The van der Waals surface area contributed by atoms with Gasteiger partial charge in [0.1, 0.15) is 0 Å². The van der Waals surface area contributed by atoms with E-state index in [-0.39, 0.29) is 5.54 Å². The van der Waals surface area contributed by atoms with Crippen LogP contribution in [-0.4, -0.2) is 60.6 Å². The summed E-state index contributed by atoms with van der Waals surface area (Å²) in [5.74, 6) is 0. The van der Waals surface area contributed by atoms with E-state index in [1.165, 1.54) is 64.8 Å². The highest BCUT2D eigenvalue weighted by atomic mass is 15.3. The topological polar surface area (TPSA) is 18.5 Å².